The van der Waals surface area contributed by atoms with Crippen molar-refractivity contribution in [1.82, 2.24) is 4.90 Å². The summed E-state index contributed by atoms with van der Waals surface area (Å²) in [6.45, 7) is 2.35. The first kappa shape index (κ1) is 6.55. The molecule has 0 radical (unpaired) electrons. The molecule has 1 atom stereocenters. The molecule has 0 aliphatic carbocycles. The predicted molar refractivity (Wildman–Crippen MR) is 32.8 cm³/mol. The zero-order valence-electron chi connectivity index (χ0n) is 5.76. The van der Waals surface area contributed by atoms with Gasteiger partial charge < -0.3 is 9.64 Å². The van der Waals surface area contributed by atoms with Crippen molar-refractivity contribution in [3.05, 3.63) is 0 Å². The van der Waals surface area contributed by atoms with Gasteiger partial charge in [-0.3, -0.25) is 4.79 Å². The molecule has 1 aliphatic heterocycles. The quantitative estimate of drug-likeness (QED) is 0.468. The lowest BCUT2D eigenvalue weighted by molar-refractivity contribution is -0.149. The smallest absolute Gasteiger partial charge is 0.226 e. The minimum Gasteiger partial charge on any atom is -0.358 e. The van der Waals surface area contributed by atoms with E-state index in [1.54, 1.807) is 11.9 Å². The van der Waals surface area contributed by atoms with Crippen LogP contribution in [0.15, 0.2) is 0 Å². The zero-order chi connectivity index (χ0) is 6.85. The van der Waals surface area contributed by atoms with E-state index in [0.29, 0.717) is 13.2 Å². The molecule has 0 aromatic carbocycles. The maximum Gasteiger partial charge on any atom is 0.226 e. The molecule has 1 saturated heterocycles. The summed E-state index contributed by atoms with van der Waals surface area (Å²) in [5.74, 6) is 0.175. The number of carbonyl (C=O) groups is 1. The van der Waals surface area contributed by atoms with Gasteiger partial charge in [0.2, 0.25) is 5.91 Å². The van der Waals surface area contributed by atoms with E-state index < -0.39 is 0 Å². The van der Waals surface area contributed by atoms with Crippen LogP contribution in [-0.4, -0.2) is 30.7 Å². The molecule has 3 nitrogen and oxygen atoms in total. The normalized spacial score (nSPS) is 28.9. The average molecular weight is 129 g/mol. The minimum atomic E-state index is 0.105. The number of rotatable bonds is 0. The molecule has 0 aromatic rings. The Bertz CT molecular complexity index is 124. The summed E-state index contributed by atoms with van der Waals surface area (Å²) in [5.41, 5.74) is 0. The molecule has 1 unspecified atom stereocenters. The SMILES string of the molecule is CC1CC(=O)N(C)CO1. The molecule has 1 amide bonds. The summed E-state index contributed by atoms with van der Waals surface area (Å²) in [5, 5.41) is 0. The molecule has 52 valence electrons. The Kier molecular flexibility index (Phi) is 1.71. The van der Waals surface area contributed by atoms with E-state index in [0.717, 1.165) is 0 Å². The van der Waals surface area contributed by atoms with Crippen LogP contribution >= 0.6 is 0 Å². The van der Waals surface area contributed by atoms with Crippen molar-refractivity contribution in [1.29, 1.82) is 0 Å². The van der Waals surface area contributed by atoms with Crippen LogP contribution in [0.2, 0.25) is 0 Å². The standard InChI is InChI=1S/C6H11NO2/c1-5-3-6(8)7(2)4-9-5/h5H,3-4H2,1-2H3. The summed E-state index contributed by atoms with van der Waals surface area (Å²) in [6, 6.07) is 0. The van der Waals surface area contributed by atoms with Crippen molar-refractivity contribution in [3.8, 4) is 0 Å². The van der Waals surface area contributed by atoms with Crippen molar-refractivity contribution < 1.29 is 9.53 Å². The van der Waals surface area contributed by atoms with Gasteiger partial charge in [-0.05, 0) is 6.92 Å². The Morgan fingerprint density at radius 2 is 2.44 bits per heavy atom. The fraction of sp³-hybridized carbons (Fsp3) is 0.833. The zero-order valence-corrected chi connectivity index (χ0v) is 5.76. The Balaban J connectivity index is 2.44. The number of hydrogen-bond donors (Lipinski definition) is 0. The molecule has 3 heteroatoms. The molecule has 0 spiro atoms. The highest BCUT2D eigenvalue weighted by Crippen LogP contribution is 2.07. The van der Waals surface area contributed by atoms with E-state index in [1.165, 1.54) is 0 Å². The second-order valence-electron chi connectivity index (χ2n) is 2.40. The molecular formula is C6H11NO2. The second kappa shape index (κ2) is 2.35. The number of amides is 1. The van der Waals surface area contributed by atoms with E-state index >= 15 is 0 Å². The summed E-state index contributed by atoms with van der Waals surface area (Å²) < 4.78 is 5.17. The molecule has 1 aliphatic rings. The number of hydrogen-bond acceptors (Lipinski definition) is 2. The Morgan fingerprint density at radius 1 is 1.78 bits per heavy atom. The lowest BCUT2D eigenvalue weighted by Gasteiger charge is -2.26. The van der Waals surface area contributed by atoms with Crippen LogP contribution < -0.4 is 0 Å². The largest absolute Gasteiger partial charge is 0.358 e. The molecule has 0 bridgehead atoms. The maximum absolute atomic E-state index is 10.9. The molecular weight excluding hydrogens is 118 g/mol. The average Bonchev–Trinajstić information content (AvgIpc) is 1.80. The van der Waals surface area contributed by atoms with Crippen molar-refractivity contribution in [2.45, 2.75) is 19.4 Å². The molecule has 1 rings (SSSR count). The first-order valence-corrected chi connectivity index (χ1v) is 3.05. The maximum atomic E-state index is 10.9. The second-order valence-corrected chi connectivity index (χ2v) is 2.40. The lowest BCUT2D eigenvalue weighted by atomic mass is 10.2. The van der Waals surface area contributed by atoms with Gasteiger partial charge in [-0.1, -0.05) is 0 Å². The van der Waals surface area contributed by atoms with Gasteiger partial charge in [0, 0.05) is 7.05 Å². The van der Waals surface area contributed by atoms with E-state index in [4.69, 9.17) is 4.74 Å². The number of ether oxygens (including phenoxy) is 1. The number of nitrogens with zero attached hydrogens (tertiary/aromatic N) is 1. The topological polar surface area (TPSA) is 29.5 Å². The predicted octanol–water partition coefficient (Wildman–Crippen LogP) is 0.211. The van der Waals surface area contributed by atoms with Gasteiger partial charge in [0.25, 0.3) is 0 Å². The van der Waals surface area contributed by atoms with Crippen LogP contribution in [0.4, 0.5) is 0 Å². The fourth-order valence-corrected chi connectivity index (χ4v) is 0.772. The molecule has 1 heterocycles. The van der Waals surface area contributed by atoms with Crippen LogP contribution in [0, 0.1) is 0 Å². The summed E-state index contributed by atoms with van der Waals surface area (Å²) in [4.78, 5) is 12.4. The van der Waals surface area contributed by atoms with Crippen molar-refractivity contribution >= 4 is 5.91 Å². The molecule has 0 saturated carbocycles. The van der Waals surface area contributed by atoms with Crippen LogP contribution in [-0.2, 0) is 9.53 Å². The van der Waals surface area contributed by atoms with Gasteiger partial charge in [-0.2, -0.15) is 0 Å². The van der Waals surface area contributed by atoms with Crippen molar-refractivity contribution in [2.75, 3.05) is 13.8 Å². The monoisotopic (exact) mass is 129 g/mol. The van der Waals surface area contributed by atoms with Gasteiger partial charge in [-0.25, -0.2) is 0 Å². The highest BCUT2D eigenvalue weighted by molar-refractivity contribution is 5.76. The Morgan fingerprint density at radius 3 is 2.89 bits per heavy atom. The van der Waals surface area contributed by atoms with Gasteiger partial charge >= 0.3 is 0 Å². The van der Waals surface area contributed by atoms with Crippen LogP contribution in [0.25, 0.3) is 0 Å². The number of carbonyl (C=O) groups excluding carboxylic acids is 1. The van der Waals surface area contributed by atoms with Gasteiger partial charge in [0.15, 0.2) is 0 Å². The first-order valence-electron chi connectivity index (χ1n) is 3.05. The molecule has 1 fully saturated rings. The van der Waals surface area contributed by atoms with Gasteiger partial charge in [-0.15, -0.1) is 0 Å². The molecule has 0 aromatic heterocycles. The highest BCUT2D eigenvalue weighted by Gasteiger charge is 2.19. The van der Waals surface area contributed by atoms with Crippen LogP contribution in [0.3, 0.4) is 0 Å². The first-order chi connectivity index (χ1) is 4.20. The lowest BCUT2D eigenvalue weighted by Crippen LogP contribution is -2.38. The molecule has 0 N–H and O–H groups in total. The fourth-order valence-electron chi connectivity index (χ4n) is 0.772. The van der Waals surface area contributed by atoms with Crippen LogP contribution in [0.5, 0.6) is 0 Å². The summed E-state index contributed by atoms with van der Waals surface area (Å²) in [6.07, 6.45) is 0.630. The van der Waals surface area contributed by atoms with E-state index in [-0.39, 0.29) is 12.0 Å². The van der Waals surface area contributed by atoms with Gasteiger partial charge in [0.05, 0.1) is 12.5 Å². The van der Waals surface area contributed by atoms with E-state index in [1.807, 2.05) is 6.92 Å². The van der Waals surface area contributed by atoms with Gasteiger partial charge in [0.1, 0.15) is 6.73 Å². The summed E-state index contributed by atoms with van der Waals surface area (Å²) >= 11 is 0. The Hall–Kier alpha value is -0.570. The Labute approximate surface area is 54.6 Å². The third kappa shape index (κ3) is 1.42. The summed E-state index contributed by atoms with van der Waals surface area (Å²) in [7, 11) is 1.74. The molecule has 9 heavy (non-hydrogen) atoms. The van der Waals surface area contributed by atoms with E-state index in [9.17, 15) is 4.79 Å². The van der Waals surface area contributed by atoms with Crippen molar-refractivity contribution in [3.63, 3.8) is 0 Å². The van der Waals surface area contributed by atoms with E-state index in [2.05, 4.69) is 0 Å². The minimum absolute atomic E-state index is 0.105. The van der Waals surface area contributed by atoms with Crippen LogP contribution in [0.1, 0.15) is 13.3 Å². The highest BCUT2D eigenvalue weighted by atomic mass is 16.5. The third-order valence-corrected chi connectivity index (χ3v) is 1.44. The third-order valence-electron chi connectivity index (χ3n) is 1.44. The van der Waals surface area contributed by atoms with Crippen molar-refractivity contribution in [2.24, 2.45) is 0 Å².